The molecule has 28 heavy (non-hydrogen) atoms. The normalized spacial score (nSPS) is 26.1. The number of anilines is 1. The molecule has 6 nitrogen and oxygen atoms in total. The molecule has 2 aromatic rings. The first-order valence-electron chi connectivity index (χ1n) is 9.55. The average molecular weight is 417 g/mol. The lowest BCUT2D eigenvalue weighted by molar-refractivity contribution is -0.114. The van der Waals surface area contributed by atoms with Gasteiger partial charge in [-0.1, -0.05) is 11.8 Å². The van der Waals surface area contributed by atoms with Crippen molar-refractivity contribution < 1.29 is 9.59 Å². The molecule has 3 fully saturated rings. The SMILES string of the molecule is CC(=O)Nc1csc(Sc2ccc(C(=O)N[C@@H]3C4CCN(CC4)[C@@H]3C)cc2)n1. The summed E-state index contributed by atoms with van der Waals surface area (Å²) >= 11 is 3.00. The van der Waals surface area contributed by atoms with Crippen LogP contribution in [0.15, 0.2) is 38.9 Å². The molecule has 0 saturated carbocycles. The maximum Gasteiger partial charge on any atom is 0.251 e. The van der Waals surface area contributed by atoms with Crippen molar-refractivity contribution >= 4 is 40.7 Å². The van der Waals surface area contributed by atoms with Crippen molar-refractivity contribution in [3.63, 3.8) is 0 Å². The number of rotatable bonds is 5. The highest BCUT2D eigenvalue weighted by Crippen LogP contribution is 2.33. The average Bonchev–Trinajstić information content (AvgIpc) is 3.11. The van der Waals surface area contributed by atoms with E-state index in [1.54, 1.807) is 0 Å². The van der Waals surface area contributed by atoms with Crippen molar-refractivity contribution in [1.82, 2.24) is 15.2 Å². The molecule has 0 radical (unpaired) electrons. The van der Waals surface area contributed by atoms with Crippen LogP contribution in [0.5, 0.6) is 0 Å². The van der Waals surface area contributed by atoms with E-state index in [0.29, 0.717) is 23.3 Å². The summed E-state index contributed by atoms with van der Waals surface area (Å²) in [5.74, 6) is 1.04. The molecule has 4 heterocycles. The molecular formula is C20H24N4O2S2. The minimum Gasteiger partial charge on any atom is -0.347 e. The molecule has 3 saturated heterocycles. The fourth-order valence-electron chi connectivity index (χ4n) is 4.10. The zero-order valence-electron chi connectivity index (χ0n) is 16.0. The molecule has 148 valence electrons. The molecule has 1 aromatic heterocycles. The van der Waals surface area contributed by atoms with Crippen LogP contribution in [-0.2, 0) is 4.79 Å². The van der Waals surface area contributed by atoms with Crippen LogP contribution < -0.4 is 10.6 Å². The number of nitrogens with one attached hydrogen (secondary N) is 2. The van der Waals surface area contributed by atoms with Gasteiger partial charge in [0.25, 0.3) is 5.91 Å². The zero-order valence-corrected chi connectivity index (χ0v) is 17.6. The van der Waals surface area contributed by atoms with Gasteiger partial charge in [0.15, 0.2) is 4.34 Å². The number of carbonyl (C=O) groups excluding carboxylic acids is 2. The van der Waals surface area contributed by atoms with Gasteiger partial charge in [0.2, 0.25) is 5.91 Å². The highest BCUT2D eigenvalue weighted by atomic mass is 32.2. The van der Waals surface area contributed by atoms with Gasteiger partial charge in [0.1, 0.15) is 5.82 Å². The monoisotopic (exact) mass is 416 g/mol. The van der Waals surface area contributed by atoms with Gasteiger partial charge in [0.05, 0.1) is 0 Å². The summed E-state index contributed by atoms with van der Waals surface area (Å²) in [6.07, 6.45) is 2.36. The predicted molar refractivity (Wildman–Crippen MR) is 112 cm³/mol. The van der Waals surface area contributed by atoms with E-state index in [1.165, 1.54) is 42.9 Å². The first-order chi connectivity index (χ1) is 13.5. The quantitative estimate of drug-likeness (QED) is 0.781. The minimum atomic E-state index is -0.130. The Labute approximate surface area is 173 Å². The number of hydrogen-bond acceptors (Lipinski definition) is 6. The number of amides is 2. The summed E-state index contributed by atoms with van der Waals surface area (Å²) in [7, 11) is 0. The second-order valence-electron chi connectivity index (χ2n) is 7.42. The van der Waals surface area contributed by atoms with Crippen LogP contribution in [0, 0.1) is 5.92 Å². The Morgan fingerprint density at radius 3 is 2.57 bits per heavy atom. The molecule has 5 rings (SSSR count). The molecule has 3 aliphatic heterocycles. The summed E-state index contributed by atoms with van der Waals surface area (Å²) in [5.41, 5.74) is 0.686. The van der Waals surface area contributed by atoms with E-state index < -0.39 is 0 Å². The maximum atomic E-state index is 12.7. The van der Waals surface area contributed by atoms with Gasteiger partial charge < -0.3 is 10.6 Å². The van der Waals surface area contributed by atoms with Gasteiger partial charge >= 0.3 is 0 Å². The van der Waals surface area contributed by atoms with Gasteiger partial charge in [-0.2, -0.15) is 0 Å². The summed E-state index contributed by atoms with van der Waals surface area (Å²) < 4.78 is 0.849. The molecule has 2 bridgehead atoms. The van der Waals surface area contributed by atoms with E-state index in [1.807, 2.05) is 29.6 Å². The lowest BCUT2D eigenvalue weighted by Gasteiger charge is -2.49. The van der Waals surface area contributed by atoms with Crippen molar-refractivity contribution in [2.24, 2.45) is 5.92 Å². The molecule has 3 aliphatic rings. The Hall–Kier alpha value is -1.90. The van der Waals surface area contributed by atoms with Crippen LogP contribution in [0.4, 0.5) is 5.82 Å². The second-order valence-corrected chi connectivity index (χ2v) is 9.60. The first kappa shape index (κ1) is 19.4. The highest BCUT2D eigenvalue weighted by Gasteiger charge is 2.40. The molecule has 2 atom stereocenters. The van der Waals surface area contributed by atoms with Crippen LogP contribution in [-0.4, -0.2) is 46.9 Å². The molecule has 0 spiro atoms. The minimum absolute atomic E-state index is 0.00402. The van der Waals surface area contributed by atoms with Crippen LogP contribution >= 0.6 is 23.1 Å². The molecular weight excluding hydrogens is 392 g/mol. The lowest BCUT2D eigenvalue weighted by Crippen LogP contribution is -2.62. The van der Waals surface area contributed by atoms with Gasteiger partial charge in [-0.05, 0) is 63.0 Å². The number of piperidine rings is 3. The lowest BCUT2D eigenvalue weighted by atomic mass is 9.79. The van der Waals surface area contributed by atoms with E-state index in [4.69, 9.17) is 0 Å². The number of benzene rings is 1. The van der Waals surface area contributed by atoms with Gasteiger partial charge in [-0.25, -0.2) is 4.98 Å². The topological polar surface area (TPSA) is 74.3 Å². The third-order valence-corrected chi connectivity index (χ3v) is 7.53. The Balaban J connectivity index is 1.37. The van der Waals surface area contributed by atoms with Gasteiger partial charge in [-0.15, -0.1) is 11.3 Å². The van der Waals surface area contributed by atoms with Crippen molar-refractivity contribution in [1.29, 1.82) is 0 Å². The smallest absolute Gasteiger partial charge is 0.251 e. The van der Waals surface area contributed by atoms with Crippen molar-refractivity contribution in [2.45, 2.75) is 48.0 Å². The number of fused-ring (bicyclic) bond motifs is 3. The summed E-state index contributed by atoms with van der Waals surface area (Å²) in [6.45, 7) is 6.00. The van der Waals surface area contributed by atoms with E-state index in [2.05, 4.69) is 27.4 Å². The number of thiazole rings is 1. The summed E-state index contributed by atoms with van der Waals surface area (Å²) in [6, 6.07) is 8.27. The summed E-state index contributed by atoms with van der Waals surface area (Å²) in [5, 5.41) is 7.77. The Bertz CT molecular complexity index is 857. The largest absolute Gasteiger partial charge is 0.347 e. The van der Waals surface area contributed by atoms with E-state index in [0.717, 1.165) is 22.3 Å². The van der Waals surface area contributed by atoms with Crippen molar-refractivity contribution in [3.8, 4) is 0 Å². The van der Waals surface area contributed by atoms with Crippen LogP contribution in [0.3, 0.4) is 0 Å². The Morgan fingerprint density at radius 2 is 1.93 bits per heavy atom. The van der Waals surface area contributed by atoms with Crippen LogP contribution in [0.2, 0.25) is 0 Å². The fraction of sp³-hybridized carbons (Fsp3) is 0.450. The van der Waals surface area contributed by atoms with Gasteiger partial charge in [0, 0.05) is 34.8 Å². The number of nitrogens with zero attached hydrogens (tertiary/aromatic N) is 2. The predicted octanol–water partition coefficient (Wildman–Crippen LogP) is 3.47. The highest BCUT2D eigenvalue weighted by molar-refractivity contribution is 8.01. The molecule has 8 heteroatoms. The Kier molecular flexibility index (Phi) is 5.70. The molecule has 1 aromatic carbocycles. The van der Waals surface area contributed by atoms with E-state index >= 15 is 0 Å². The number of aromatic nitrogens is 1. The third-order valence-electron chi connectivity index (χ3n) is 5.58. The van der Waals surface area contributed by atoms with E-state index in [9.17, 15) is 9.59 Å². The third kappa shape index (κ3) is 4.24. The zero-order chi connectivity index (χ0) is 19.7. The second kappa shape index (κ2) is 8.23. The fourth-order valence-corrected chi connectivity index (χ4v) is 5.82. The molecule has 2 N–H and O–H groups in total. The summed E-state index contributed by atoms with van der Waals surface area (Å²) in [4.78, 5) is 31.7. The number of hydrogen-bond donors (Lipinski definition) is 2. The first-order valence-corrected chi connectivity index (χ1v) is 11.2. The standard InChI is InChI=1S/C20H24N4O2S2/c1-12-18(14-7-9-24(12)10-8-14)23-19(26)15-3-5-16(6-4-15)28-20-22-17(11-27-20)21-13(2)25/h3-6,11-12,14,18H,7-10H2,1-2H3,(H,21,25)(H,23,26)/t12-,18+/m1/s1. The van der Waals surface area contributed by atoms with Crippen molar-refractivity contribution in [3.05, 3.63) is 35.2 Å². The Morgan fingerprint density at radius 1 is 1.21 bits per heavy atom. The molecule has 0 unspecified atom stereocenters. The van der Waals surface area contributed by atoms with Crippen molar-refractivity contribution in [2.75, 3.05) is 18.4 Å². The van der Waals surface area contributed by atoms with Crippen LogP contribution in [0.25, 0.3) is 0 Å². The maximum absolute atomic E-state index is 12.7. The number of carbonyl (C=O) groups is 2. The van der Waals surface area contributed by atoms with E-state index in [-0.39, 0.29) is 17.9 Å². The molecule has 0 aliphatic carbocycles. The van der Waals surface area contributed by atoms with Gasteiger partial charge in [-0.3, -0.25) is 14.5 Å². The molecule has 2 amide bonds. The van der Waals surface area contributed by atoms with Crippen LogP contribution in [0.1, 0.15) is 37.0 Å².